The molecule has 1 aromatic carbocycles. The molecule has 0 radical (unpaired) electrons. The van der Waals surface area contributed by atoms with Crippen LogP contribution < -0.4 is 10.6 Å². The van der Waals surface area contributed by atoms with E-state index in [2.05, 4.69) is 22.2 Å². The summed E-state index contributed by atoms with van der Waals surface area (Å²) in [7, 11) is -3.07. The molecule has 0 atom stereocenters. The number of hydrogen-bond donors (Lipinski definition) is 1. The van der Waals surface area contributed by atoms with Gasteiger partial charge < -0.3 is 10.6 Å². The van der Waals surface area contributed by atoms with Crippen molar-refractivity contribution in [2.24, 2.45) is 0 Å². The average Bonchev–Trinajstić information content (AvgIpc) is 3.17. The minimum Gasteiger partial charge on any atom is -0.382 e. The van der Waals surface area contributed by atoms with Gasteiger partial charge in [-0.05, 0) is 25.1 Å². The average molecular weight is 433 g/mol. The van der Waals surface area contributed by atoms with Crippen LogP contribution in [-0.2, 0) is 9.84 Å². The molecule has 0 spiro atoms. The van der Waals surface area contributed by atoms with Gasteiger partial charge in [-0.15, -0.1) is 0 Å². The first-order chi connectivity index (χ1) is 14.9. The van der Waals surface area contributed by atoms with Gasteiger partial charge in [-0.3, -0.25) is 4.98 Å². The number of fused-ring (bicyclic) bond motifs is 2. The van der Waals surface area contributed by atoms with Gasteiger partial charge in [0.1, 0.15) is 17.5 Å². The molecule has 4 aromatic rings. The molecular weight excluding hydrogens is 414 g/mol. The lowest BCUT2D eigenvalue weighted by Gasteiger charge is -2.28. The van der Waals surface area contributed by atoms with E-state index < -0.39 is 9.84 Å². The lowest BCUT2D eigenvalue weighted by atomic mass is 10.1. The van der Waals surface area contributed by atoms with E-state index in [0.717, 1.165) is 27.6 Å². The van der Waals surface area contributed by atoms with Gasteiger partial charge in [-0.2, -0.15) is 14.9 Å². The van der Waals surface area contributed by atoms with Gasteiger partial charge in [0.05, 0.1) is 23.2 Å². The number of aromatic nitrogens is 4. The van der Waals surface area contributed by atoms with Gasteiger partial charge >= 0.3 is 0 Å². The molecule has 1 saturated heterocycles. The van der Waals surface area contributed by atoms with Crippen molar-refractivity contribution in [3.8, 4) is 17.2 Å². The fourth-order valence-electron chi connectivity index (χ4n) is 3.86. The predicted octanol–water partition coefficient (Wildman–Crippen LogP) is 1.94. The molecule has 0 aliphatic carbocycles. The molecule has 1 fully saturated rings. The quantitative estimate of drug-likeness (QED) is 0.507. The zero-order valence-corrected chi connectivity index (χ0v) is 17.6. The molecule has 5 rings (SSSR count). The highest BCUT2D eigenvalue weighted by Crippen LogP contribution is 2.31. The van der Waals surface area contributed by atoms with Crippen LogP contribution in [0.15, 0.2) is 36.7 Å². The van der Waals surface area contributed by atoms with Crippen LogP contribution in [-0.4, -0.2) is 52.6 Å². The first kappa shape index (κ1) is 19.3. The molecule has 0 bridgehead atoms. The third kappa shape index (κ3) is 3.23. The molecule has 9 nitrogen and oxygen atoms in total. The number of nitrogens with zero attached hydrogens (tertiary/aromatic N) is 6. The molecular formula is C21H19N7O2S. The Balaban J connectivity index is 1.68. The van der Waals surface area contributed by atoms with Gasteiger partial charge in [0, 0.05) is 35.8 Å². The number of nitrogens with two attached hydrogens (primary N) is 1. The zero-order chi connectivity index (χ0) is 21.8. The molecule has 2 N–H and O–H groups in total. The first-order valence-electron chi connectivity index (χ1n) is 9.76. The molecule has 0 unspecified atom stereocenters. The second kappa shape index (κ2) is 6.92. The summed E-state index contributed by atoms with van der Waals surface area (Å²) in [6, 6.07) is 10.2. The SMILES string of the molecule is Cc1ccc2ncc(-c3cnn4c(N)c(C#N)c(N5CCS(=O)(=O)CC5)nc34)cc2c1. The third-order valence-electron chi connectivity index (χ3n) is 5.57. The molecule has 0 amide bonds. The Morgan fingerprint density at radius 1 is 1.16 bits per heavy atom. The Morgan fingerprint density at radius 2 is 1.94 bits per heavy atom. The fourth-order valence-corrected chi connectivity index (χ4v) is 5.07. The second-order valence-corrected chi connectivity index (χ2v) is 9.96. The van der Waals surface area contributed by atoms with Crippen LogP contribution in [0.2, 0.25) is 0 Å². The number of hydrogen-bond acceptors (Lipinski definition) is 8. The molecule has 4 heterocycles. The topological polar surface area (TPSA) is 130 Å². The summed E-state index contributed by atoms with van der Waals surface area (Å²) >= 11 is 0. The van der Waals surface area contributed by atoms with Gasteiger partial charge in [-0.25, -0.2) is 13.4 Å². The molecule has 31 heavy (non-hydrogen) atoms. The highest BCUT2D eigenvalue weighted by Gasteiger charge is 2.27. The van der Waals surface area contributed by atoms with Crippen LogP contribution in [0.25, 0.3) is 27.7 Å². The van der Waals surface area contributed by atoms with Crippen LogP contribution in [0.3, 0.4) is 0 Å². The molecule has 1 aliphatic rings. The Morgan fingerprint density at radius 3 is 2.68 bits per heavy atom. The highest BCUT2D eigenvalue weighted by atomic mass is 32.2. The summed E-state index contributed by atoms with van der Waals surface area (Å²) in [6.45, 7) is 2.55. The minimum atomic E-state index is -3.07. The first-order valence-corrected chi connectivity index (χ1v) is 11.6. The number of aryl methyl sites for hydroxylation is 1. The van der Waals surface area contributed by atoms with Crippen LogP contribution in [0, 0.1) is 18.3 Å². The minimum absolute atomic E-state index is 0.0185. The van der Waals surface area contributed by atoms with Crippen molar-refractivity contribution in [3.63, 3.8) is 0 Å². The monoisotopic (exact) mass is 433 g/mol. The lowest BCUT2D eigenvalue weighted by molar-refractivity contribution is 0.586. The summed E-state index contributed by atoms with van der Waals surface area (Å²) in [5, 5.41) is 15.0. The molecule has 10 heteroatoms. The zero-order valence-electron chi connectivity index (χ0n) is 16.8. The summed E-state index contributed by atoms with van der Waals surface area (Å²) < 4.78 is 25.1. The van der Waals surface area contributed by atoms with E-state index in [4.69, 9.17) is 10.7 Å². The van der Waals surface area contributed by atoms with Gasteiger partial charge in [0.15, 0.2) is 21.3 Å². The van der Waals surface area contributed by atoms with Crippen LogP contribution in [0.5, 0.6) is 0 Å². The molecule has 3 aromatic heterocycles. The number of nitriles is 1. The standard InChI is InChI=1S/C21H19N7O2S/c1-13-2-3-18-14(8-13)9-15(11-24-18)17-12-25-28-19(23)16(10-22)20(26-21(17)28)27-4-6-31(29,30)7-5-27/h2-3,8-9,11-12H,4-7,23H2,1H3. The van der Waals surface area contributed by atoms with Crippen molar-refractivity contribution in [3.05, 3.63) is 47.8 Å². The van der Waals surface area contributed by atoms with Crippen molar-refractivity contribution >= 4 is 38.0 Å². The number of rotatable bonds is 2. The van der Waals surface area contributed by atoms with Crippen molar-refractivity contribution in [1.29, 1.82) is 5.26 Å². The highest BCUT2D eigenvalue weighted by molar-refractivity contribution is 7.91. The summed E-state index contributed by atoms with van der Waals surface area (Å²) in [5.74, 6) is 0.593. The van der Waals surface area contributed by atoms with Gasteiger partial charge in [0.2, 0.25) is 0 Å². The van der Waals surface area contributed by atoms with E-state index in [0.29, 0.717) is 11.5 Å². The van der Waals surface area contributed by atoms with Crippen molar-refractivity contribution < 1.29 is 8.42 Å². The predicted molar refractivity (Wildman–Crippen MR) is 118 cm³/mol. The van der Waals surface area contributed by atoms with E-state index in [1.807, 2.05) is 25.1 Å². The summed E-state index contributed by atoms with van der Waals surface area (Å²) in [6.07, 6.45) is 3.42. The van der Waals surface area contributed by atoms with Gasteiger partial charge in [-0.1, -0.05) is 11.6 Å². The number of nitrogen functional groups attached to an aromatic ring is 1. The Hall–Kier alpha value is -3.71. The van der Waals surface area contributed by atoms with Crippen LogP contribution in [0.4, 0.5) is 11.6 Å². The maximum atomic E-state index is 11.8. The normalized spacial score (nSPS) is 15.9. The number of benzene rings is 1. The maximum Gasteiger partial charge on any atom is 0.167 e. The van der Waals surface area contributed by atoms with E-state index in [1.54, 1.807) is 17.3 Å². The van der Waals surface area contributed by atoms with Crippen molar-refractivity contribution in [2.45, 2.75) is 6.92 Å². The van der Waals surface area contributed by atoms with E-state index in [9.17, 15) is 13.7 Å². The Labute approximate surface area is 178 Å². The smallest absolute Gasteiger partial charge is 0.167 e. The lowest BCUT2D eigenvalue weighted by Crippen LogP contribution is -2.41. The maximum absolute atomic E-state index is 11.8. The Kier molecular flexibility index (Phi) is 4.30. The number of sulfone groups is 1. The molecule has 156 valence electrons. The molecule has 1 aliphatic heterocycles. The van der Waals surface area contributed by atoms with E-state index in [1.165, 1.54) is 4.52 Å². The van der Waals surface area contributed by atoms with Gasteiger partial charge in [0.25, 0.3) is 0 Å². The second-order valence-electron chi connectivity index (χ2n) is 7.66. The molecule has 0 saturated carbocycles. The summed E-state index contributed by atoms with van der Waals surface area (Å²) in [5.41, 5.74) is 10.5. The third-order valence-corrected chi connectivity index (χ3v) is 7.18. The number of pyridine rings is 1. The van der Waals surface area contributed by atoms with Crippen LogP contribution >= 0.6 is 0 Å². The summed E-state index contributed by atoms with van der Waals surface area (Å²) in [4.78, 5) is 11.1. The van der Waals surface area contributed by atoms with Crippen LogP contribution in [0.1, 0.15) is 11.1 Å². The Bertz CT molecular complexity index is 1490. The largest absolute Gasteiger partial charge is 0.382 e. The van der Waals surface area contributed by atoms with E-state index in [-0.39, 0.29) is 36.0 Å². The van der Waals surface area contributed by atoms with E-state index >= 15 is 0 Å². The number of anilines is 2. The fraction of sp³-hybridized carbons (Fsp3) is 0.238. The van der Waals surface area contributed by atoms with Crippen molar-refractivity contribution in [1.82, 2.24) is 19.6 Å². The van der Waals surface area contributed by atoms with Crippen molar-refractivity contribution in [2.75, 3.05) is 35.2 Å².